The molecule has 2 N–H and O–H groups in total. The summed E-state index contributed by atoms with van der Waals surface area (Å²) in [6, 6.07) is 13.5. The second kappa shape index (κ2) is 6.84. The molecule has 0 saturated carbocycles. The fraction of sp³-hybridized carbons (Fsp3) is 0.364. The number of rotatable bonds is 4. The standard InChI is InChI=1S/C22H22FN3O3/c23-18-11-20-19(10-17(18)21(27)28)24-22(29)26(20)16-8-14-6-7-15(9-16)25(14)12-13-4-2-1-3-5-13/h1-5,10-11,14-16H,6-9,12H2,(H,24,29)(H,27,28). The molecular formula is C22H22FN3O3. The number of aromatic nitrogens is 2. The van der Waals surface area contributed by atoms with Crippen LogP contribution in [0.5, 0.6) is 0 Å². The van der Waals surface area contributed by atoms with E-state index in [0.29, 0.717) is 23.1 Å². The monoisotopic (exact) mass is 395 g/mol. The third-order valence-corrected chi connectivity index (χ3v) is 6.47. The number of nitrogens with one attached hydrogen (secondary N) is 1. The highest BCUT2D eigenvalue weighted by Crippen LogP contribution is 2.42. The fourth-order valence-corrected chi connectivity index (χ4v) is 5.18. The maximum atomic E-state index is 14.3. The molecular weight excluding hydrogens is 373 g/mol. The summed E-state index contributed by atoms with van der Waals surface area (Å²) in [6.07, 6.45) is 3.86. The number of carboxylic acid groups (broad SMARTS) is 1. The summed E-state index contributed by atoms with van der Waals surface area (Å²) in [5, 5.41) is 9.13. The Morgan fingerprint density at radius 1 is 1.10 bits per heavy atom. The van der Waals surface area contributed by atoms with Crippen LogP contribution in [0.1, 0.15) is 47.6 Å². The Morgan fingerprint density at radius 2 is 1.79 bits per heavy atom. The molecule has 29 heavy (non-hydrogen) atoms. The van der Waals surface area contributed by atoms with Crippen LogP contribution in [0.2, 0.25) is 0 Å². The molecule has 1 aromatic heterocycles. The van der Waals surface area contributed by atoms with Crippen LogP contribution in [0.4, 0.5) is 4.39 Å². The molecule has 2 bridgehead atoms. The van der Waals surface area contributed by atoms with E-state index < -0.39 is 17.3 Å². The Hall–Kier alpha value is -2.93. The maximum Gasteiger partial charge on any atom is 0.338 e. The van der Waals surface area contributed by atoms with Crippen molar-refractivity contribution in [3.8, 4) is 0 Å². The topological polar surface area (TPSA) is 78.3 Å². The SMILES string of the molecule is O=C(O)c1cc2[nH]c(=O)n(C3CC4CCC(C3)N4Cc3ccccc3)c2cc1F. The van der Waals surface area contributed by atoms with Gasteiger partial charge in [0.1, 0.15) is 5.82 Å². The molecule has 0 amide bonds. The highest BCUT2D eigenvalue weighted by molar-refractivity contribution is 5.92. The Bertz CT molecular complexity index is 1120. The number of hydrogen-bond acceptors (Lipinski definition) is 3. The van der Waals surface area contributed by atoms with Crippen molar-refractivity contribution in [2.45, 2.75) is 50.4 Å². The summed E-state index contributed by atoms with van der Waals surface area (Å²) < 4.78 is 15.9. The summed E-state index contributed by atoms with van der Waals surface area (Å²) >= 11 is 0. The third-order valence-electron chi connectivity index (χ3n) is 6.47. The van der Waals surface area contributed by atoms with Gasteiger partial charge in [0.25, 0.3) is 0 Å². The molecule has 2 unspecified atom stereocenters. The van der Waals surface area contributed by atoms with E-state index in [4.69, 9.17) is 5.11 Å². The summed E-state index contributed by atoms with van der Waals surface area (Å²) in [5.74, 6) is -2.16. The minimum Gasteiger partial charge on any atom is -0.478 e. The zero-order chi connectivity index (χ0) is 20.1. The maximum absolute atomic E-state index is 14.3. The highest BCUT2D eigenvalue weighted by atomic mass is 19.1. The van der Waals surface area contributed by atoms with Crippen molar-refractivity contribution in [1.82, 2.24) is 14.5 Å². The lowest BCUT2D eigenvalue weighted by atomic mass is 9.96. The predicted octanol–water partition coefficient (Wildman–Crippen LogP) is 3.54. The van der Waals surface area contributed by atoms with Gasteiger partial charge in [0.05, 0.1) is 16.6 Å². The minimum atomic E-state index is -1.34. The van der Waals surface area contributed by atoms with Crippen LogP contribution in [0.3, 0.4) is 0 Å². The molecule has 2 aromatic carbocycles. The lowest BCUT2D eigenvalue weighted by Crippen LogP contribution is -2.44. The van der Waals surface area contributed by atoms with Crippen molar-refractivity contribution in [2.24, 2.45) is 0 Å². The van der Waals surface area contributed by atoms with E-state index in [1.165, 1.54) is 17.7 Å². The normalized spacial score (nSPS) is 24.2. The third kappa shape index (κ3) is 3.06. The number of aromatic amines is 1. The molecule has 3 heterocycles. The predicted molar refractivity (Wildman–Crippen MR) is 107 cm³/mol. The Morgan fingerprint density at radius 3 is 2.45 bits per heavy atom. The molecule has 0 radical (unpaired) electrons. The van der Waals surface area contributed by atoms with E-state index in [-0.39, 0.29) is 11.7 Å². The van der Waals surface area contributed by atoms with Crippen LogP contribution in [-0.4, -0.2) is 37.6 Å². The van der Waals surface area contributed by atoms with Crippen molar-refractivity contribution >= 4 is 17.0 Å². The summed E-state index contributed by atoms with van der Waals surface area (Å²) in [4.78, 5) is 29.1. The van der Waals surface area contributed by atoms with E-state index in [0.717, 1.165) is 32.2 Å². The molecule has 6 nitrogen and oxygen atoms in total. The van der Waals surface area contributed by atoms with Crippen molar-refractivity contribution in [2.75, 3.05) is 0 Å². The number of carbonyl (C=O) groups is 1. The number of hydrogen-bond donors (Lipinski definition) is 2. The quantitative estimate of drug-likeness (QED) is 0.708. The fourth-order valence-electron chi connectivity index (χ4n) is 5.18. The molecule has 2 fully saturated rings. The van der Waals surface area contributed by atoms with E-state index in [9.17, 15) is 14.0 Å². The van der Waals surface area contributed by atoms with Crippen LogP contribution >= 0.6 is 0 Å². The van der Waals surface area contributed by atoms with E-state index in [1.807, 2.05) is 6.07 Å². The average molecular weight is 395 g/mol. The van der Waals surface area contributed by atoms with Gasteiger partial charge >= 0.3 is 11.7 Å². The molecule has 5 rings (SSSR count). The smallest absolute Gasteiger partial charge is 0.338 e. The van der Waals surface area contributed by atoms with Crippen molar-refractivity contribution in [1.29, 1.82) is 0 Å². The van der Waals surface area contributed by atoms with Crippen LogP contribution in [-0.2, 0) is 6.54 Å². The van der Waals surface area contributed by atoms with Gasteiger partial charge in [-0.15, -0.1) is 0 Å². The number of carboxylic acids is 1. The Balaban J connectivity index is 1.45. The van der Waals surface area contributed by atoms with E-state index in [2.05, 4.69) is 34.1 Å². The van der Waals surface area contributed by atoms with Crippen LogP contribution < -0.4 is 5.69 Å². The van der Waals surface area contributed by atoms with Gasteiger partial charge in [-0.25, -0.2) is 14.0 Å². The number of H-pyrrole nitrogens is 1. The number of nitrogens with zero attached hydrogens (tertiary/aromatic N) is 2. The first-order valence-electron chi connectivity index (χ1n) is 9.98. The number of piperidine rings is 1. The number of halogens is 1. The largest absolute Gasteiger partial charge is 0.478 e. The zero-order valence-electron chi connectivity index (χ0n) is 15.8. The second-order valence-electron chi connectivity index (χ2n) is 8.12. The summed E-state index contributed by atoms with van der Waals surface area (Å²) in [5.41, 5.74) is 1.37. The lowest BCUT2D eigenvalue weighted by Gasteiger charge is -2.39. The van der Waals surface area contributed by atoms with Gasteiger partial charge in [0, 0.05) is 30.7 Å². The van der Waals surface area contributed by atoms with E-state index >= 15 is 0 Å². The van der Waals surface area contributed by atoms with Crippen molar-refractivity contribution in [3.05, 3.63) is 69.9 Å². The number of benzene rings is 2. The van der Waals surface area contributed by atoms with Crippen LogP contribution in [0, 0.1) is 5.82 Å². The van der Waals surface area contributed by atoms with E-state index in [1.54, 1.807) is 4.57 Å². The van der Waals surface area contributed by atoms with Gasteiger partial charge in [-0.3, -0.25) is 9.47 Å². The Labute approximate surface area is 166 Å². The van der Waals surface area contributed by atoms with Crippen LogP contribution in [0.15, 0.2) is 47.3 Å². The molecule has 7 heteroatoms. The van der Waals surface area contributed by atoms with Gasteiger partial charge in [-0.05, 0) is 37.3 Å². The zero-order valence-corrected chi connectivity index (χ0v) is 15.8. The average Bonchev–Trinajstić information content (AvgIpc) is 3.12. The second-order valence-corrected chi connectivity index (χ2v) is 8.12. The van der Waals surface area contributed by atoms with Gasteiger partial charge in [0.2, 0.25) is 0 Å². The van der Waals surface area contributed by atoms with Crippen molar-refractivity contribution in [3.63, 3.8) is 0 Å². The first kappa shape index (κ1) is 18.1. The molecule has 0 spiro atoms. The molecule has 0 aliphatic carbocycles. The Kier molecular flexibility index (Phi) is 4.28. The van der Waals surface area contributed by atoms with Crippen molar-refractivity contribution < 1.29 is 14.3 Å². The highest BCUT2D eigenvalue weighted by Gasteiger charge is 2.41. The van der Waals surface area contributed by atoms with Gasteiger partial charge in [-0.2, -0.15) is 0 Å². The summed E-state index contributed by atoms with van der Waals surface area (Å²) in [7, 11) is 0. The molecule has 2 saturated heterocycles. The number of imidazole rings is 1. The van der Waals surface area contributed by atoms with Gasteiger partial charge < -0.3 is 10.1 Å². The first-order valence-corrected chi connectivity index (χ1v) is 9.98. The minimum absolute atomic E-state index is 0.0177. The first-order chi connectivity index (χ1) is 14.0. The molecule has 2 aliphatic heterocycles. The summed E-state index contributed by atoms with van der Waals surface area (Å²) in [6.45, 7) is 0.905. The van der Waals surface area contributed by atoms with Gasteiger partial charge in [-0.1, -0.05) is 30.3 Å². The lowest BCUT2D eigenvalue weighted by molar-refractivity contribution is 0.0692. The van der Waals surface area contributed by atoms with Gasteiger partial charge in [0.15, 0.2) is 0 Å². The number of fused-ring (bicyclic) bond motifs is 3. The molecule has 2 aliphatic rings. The molecule has 3 aromatic rings. The molecule has 2 atom stereocenters. The van der Waals surface area contributed by atoms with Crippen LogP contribution in [0.25, 0.3) is 11.0 Å². The molecule has 150 valence electrons. The number of aromatic carboxylic acids is 1.